The minimum absolute atomic E-state index is 0.0970. The number of ketones is 1. The van der Waals surface area contributed by atoms with Gasteiger partial charge in [-0.2, -0.15) is 0 Å². The normalized spacial score (nSPS) is 10.7. The average molecular weight is 235 g/mol. The molecule has 0 unspecified atom stereocenters. The number of rotatable bonds is 2. The molecule has 0 saturated carbocycles. The predicted octanol–water partition coefficient (Wildman–Crippen LogP) is 4.04. The van der Waals surface area contributed by atoms with E-state index in [2.05, 4.69) is 11.1 Å². The quantitative estimate of drug-likeness (QED) is 0.668. The fourth-order valence-electron chi connectivity index (χ4n) is 2.26. The minimum atomic E-state index is 0.0970. The predicted molar refractivity (Wildman–Crippen MR) is 73.7 cm³/mol. The van der Waals surface area contributed by atoms with Gasteiger partial charge in [0.05, 0.1) is 0 Å². The highest BCUT2D eigenvalue weighted by atomic mass is 16.1. The summed E-state index contributed by atoms with van der Waals surface area (Å²) < 4.78 is 0. The lowest BCUT2D eigenvalue weighted by Gasteiger charge is -2.07. The Morgan fingerprint density at radius 1 is 1.06 bits per heavy atom. The van der Waals surface area contributed by atoms with E-state index < -0.39 is 0 Å². The molecule has 18 heavy (non-hydrogen) atoms. The smallest absolute Gasteiger partial charge is 0.160 e. The van der Waals surface area contributed by atoms with Gasteiger partial charge in [0.2, 0.25) is 0 Å². The minimum Gasteiger partial charge on any atom is -0.361 e. The molecule has 0 aliphatic carbocycles. The summed E-state index contributed by atoms with van der Waals surface area (Å²) in [5.41, 5.74) is 3.95. The van der Waals surface area contributed by atoms with Crippen LogP contribution in [-0.4, -0.2) is 10.8 Å². The Morgan fingerprint density at radius 2 is 1.89 bits per heavy atom. The van der Waals surface area contributed by atoms with Crippen LogP contribution in [0.15, 0.2) is 54.7 Å². The molecular formula is C16H13NO. The van der Waals surface area contributed by atoms with E-state index in [1.807, 2.05) is 48.7 Å². The summed E-state index contributed by atoms with van der Waals surface area (Å²) >= 11 is 0. The zero-order valence-corrected chi connectivity index (χ0v) is 10.1. The lowest BCUT2D eigenvalue weighted by Crippen LogP contribution is -1.95. The van der Waals surface area contributed by atoms with Crippen LogP contribution >= 0.6 is 0 Å². The van der Waals surface area contributed by atoms with Crippen LogP contribution in [0.1, 0.15) is 17.3 Å². The molecule has 0 spiro atoms. The molecular weight excluding hydrogens is 222 g/mol. The summed E-state index contributed by atoms with van der Waals surface area (Å²) in [7, 11) is 0. The molecule has 0 atom stereocenters. The van der Waals surface area contributed by atoms with E-state index in [1.165, 1.54) is 0 Å². The van der Waals surface area contributed by atoms with Crippen molar-refractivity contribution < 1.29 is 4.79 Å². The van der Waals surface area contributed by atoms with Crippen LogP contribution in [0.5, 0.6) is 0 Å². The van der Waals surface area contributed by atoms with Gasteiger partial charge in [-0.3, -0.25) is 4.79 Å². The van der Waals surface area contributed by atoms with E-state index in [4.69, 9.17) is 0 Å². The van der Waals surface area contributed by atoms with Crippen molar-refractivity contribution in [1.29, 1.82) is 0 Å². The number of aromatic nitrogens is 1. The number of benzene rings is 2. The summed E-state index contributed by atoms with van der Waals surface area (Å²) in [5, 5.41) is 1.16. The summed E-state index contributed by atoms with van der Waals surface area (Å²) in [5.74, 6) is 0.0970. The molecule has 3 rings (SSSR count). The average Bonchev–Trinajstić information content (AvgIpc) is 2.85. The molecule has 1 aromatic heterocycles. The first-order valence-corrected chi connectivity index (χ1v) is 5.93. The van der Waals surface area contributed by atoms with E-state index in [1.54, 1.807) is 6.92 Å². The van der Waals surface area contributed by atoms with Crippen molar-refractivity contribution in [3.8, 4) is 11.1 Å². The van der Waals surface area contributed by atoms with E-state index in [9.17, 15) is 4.79 Å². The number of H-pyrrole nitrogens is 1. The van der Waals surface area contributed by atoms with Gasteiger partial charge >= 0.3 is 0 Å². The Balaban J connectivity index is 2.22. The monoisotopic (exact) mass is 235 g/mol. The van der Waals surface area contributed by atoms with Crippen LogP contribution in [0.25, 0.3) is 22.0 Å². The van der Waals surface area contributed by atoms with Gasteiger partial charge in [-0.15, -0.1) is 0 Å². The Morgan fingerprint density at radius 3 is 2.72 bits per heavy atom. The Bertz CT molecular complexity index is 725. The number of Topliss-reactive ketones (excluding diaryl/α,β-unsaturated/α-hetero) is 1. The first kappa shape index (κ1) is 10.8. The summed E-state index contributed by atoms with van der Waals surface area (Å²) in [6.45, 7) is 1.60. The lowest BCUT2D eigenvalue weighted by atomic mass is 9.97. The number of hydrogen-bond donors (Lipinski definition) is 1. The molecule has 2 aromatic carbocycles. The molecule has 88 valence electrons. The summed E-state index contributed by atoms with van der Waals surface area (Å²) in [6, 6.07) is 16.0. The van der Waals surface area contributed by atoms with Crippen molar-refractivity contribution in [2.24, 2.45) is 0 Å². The van der Waals surface area contributed by atoms with Gasteiger partial charge < -0.3 is 4.98 Å². The molecule has 1 heterocycles. The standard InChI is InChI=1S/C16H13NO/c1-11(18)14-4-2-3-5-15(14)12-6-7-16-13(10-12)8-9-17-16/h2-10,17H,1H3. The van der Waals surface area contributed by atoms with Crippen LogP contribution < -0.4 is 0 Å². The van der Waals surface area contributed by atoms with Crippen molar-refractivity contribution in [3.05, 3.63) is 60.3 Å². The van der Waals surface area contributed by atoms with Gasteiger partial charge in [0.1, 0.15) is 0 Å². The molecule has 0 aliphatic heterocycles. The number of aromatic amines is 1. The number of carbonyl (C=O) groups is 1. The summed E-state index contributed by atoms with van der Waals surface area (Å²) in [6.07, 6.45) is 1.92. The largest absolute Gasteiger partial charge is 0.361 e. The number of hydrogen-bond acceptors (Lipinski definition) is 1. The van der Waals surface area contributed by atoms with Crippen molar-refractivity contribution in [1.82, 2.24) is 4.98 Å². The maximum Gasteiger partial charge on any atom is 0.160 e. The van der Waals surface area contributed by atoms with Crippen molar-refractivity contribution in [2.45, 2.75) is 6.92 Å². The molecule has 0 saturated heterocycles. The zero-order valence-electron chi connectivity index (χ0n) is 10.1. The Hall–Kier alpha value is -2.35. The third kappa shape index (κ3) is 1.72. The second-order valence-electron chi connectivity index (χ2n) is 4.38. The lowest BCUT2D eigenvalue weighted by molar-refractivity contribution is 0.101. The van der Waals surface area contributed by atoms with Crippen LogP contribution in [0.2, 0.25) is 0 Å². The van der Waals surface area contributed by atoms with Crippen LogP contribution in [0.3, 0.4) is 0 Å². The highest BCUT2D eigenvalue weighted by Crippen LogP contribution is 2.27. The van der Waals surface area contributed by atoms with E-state index in [-0.39, 0.29) is 5.78 Å². The van der Waals surface area contributed by atoms with E-state index in [0.29, 0.717) is 0 Å². The molecule has 0 aliphatic rings. The first-order chi connectivity index (χ1) is 8.75. The molecule has 0 fully saturated rings. The number of fused-ring (bicyclic) bond motifs is 1. The molecule has 0 amide bonds. The molecule has 3 aromatic rings. The zero-order chi connectivity index (χ0) is 12.5. The van der Waals surface area contributed by atoms with Crippen molar-refractivity contribution >= 4 is 16.7 Å². The molecule has 2 heteroatoms. The highest BCUT2D eigenvalue weighted by molar-refractivity contribution is 6.01. The summed E-state index contributed by atoms with van der Waals surface area (Å²) in [4.78, 5) is 14.8. The van der Waals surface area contributed by atoms with Crippen LogP contribution in [0, 0.1) is 0 Å². The molecule has 0 bridgehead atoms. The van der Waals surface area contributed by atoms with Crippen molar-refractivity contribution in [3.63, 3.8) is 0 Å². The van der Waals surface area contributed by atoms with Gasteiger partial charge in [0.25, 0.3) is 0 Å². The van der Waals surface area contributed by atoms with E-state index >= 15 is 0 Å². The highest BCUT2D eigenvalue weighted by Gasteiger charge is 2.08. The Labute approximate surface area is 105 Å². The second-order valence-corrected chi connectivity index (χ2v) is 4.38. The third-order valence-electron chi connectivity index (χ3n) is 3.17. The molecule has 2 nitrogen and oxygen atoms in total. The van der Waals surface area contributed by atoms with Gasteiger partial charge in [0, 0.05) is 17.3 Å². The topological polar surface area (TPSA) is 32.9 Å². The van der Waals surface area contributed by atoms with E-state index in [0.717, 1.165) is 27.6 Å². The first-order valence-electron chi connectivity index (χ1n) is 5.93. The molecule has 0 radical (unpaired) electrons. The van der Waals surface area contributed by atoms with Gasteiger partial charge in [-0.05, 0) is 41.6 Å². The fraction of sp³-hybridized carbons (Fsp3) is 0.0625. The SMILES string of the molecule is CC(=O)c1ccccc1-c1ccc2[nH]ccc2c1. The van der Waals surface area contributed by atoms with Gasteiger partial charge in [-0.25, -0.2) is 0 Å². The third-order valence-corrected chi connectivity index (χ3v) is 3.17. The van der Waals surface area contributed by atoms with Gasteiger partial charge in [0.15, 0.2) is 5.78 Å². The van der Waals surface area contributed by atoms with Crippen molar-refractivity contribution in [2.75, 3.05) is 0 Å². The molecule has 1 N–H and O–H groups in total. The maximum atomic E-state index is 11.6. The number of nitrogens with one attached hydrogen (secondary N) is 1. The van der Waals surface area contributed by atoms with Crippen LogP contribution in [0.4, 0.5) is 0 Å². The van der Waals surface area contributed by atoms with Crippen LogP contribution in [-0.2, 0) is 0 Å². The Kier molecular flexibility index (Phi) is 2.49. The fourth-order valence-corrected chi connectivity index (χ4v) is 2.26. The maximum absolute atomic E-state index is 11.6. The van der Waals surface area contributed by atoms with Gasteiger partial charge in [-0.1, -0.05) is 30.3 Å². The number of carbonyl (C=O) groups excluding carboxylic acids is 1. The second kappa shape index (κ2) is 4.15.